The standard InChI is InChI=1S/C31H37N3O5S/c1-23-11-7-8-12-25(23)21-33(24(2)31(36)32-26-13-9-10-14-26)30(35)22-34(40(3,37)38)27-17-19-29(20-18-27)39-28-15-5-4-6-16-28/h4-8,11-12,15-20,24,26H,9-10,13-14,21-22H2,1-3H3,(H,32,36)/t24-/m0/s1. The van der Waals surface area contributed by atoms with Crippen LogP contribution in [-0.4, -0.2) is 50.0 Å². The minimum absolute atomic E-state index is 0.106. The van der Waals surface area contributed by atoms with Crippen molar-refractivity contribution in [1.82, 2.24) is 10.2 Å². The second-order valence-corrected chi connectivity index (χ2v) is 12.2. The maximum Gasteiger partial charge on any atom is 0.244 e. The summed E-state index contributed by atoms with van der Waals surface area (Å²) in [6.07, 6.45) is 5.07. The van der Waals surface area contributed by atoms with E-state index in [9.17, 15) is 18.0 Å². The Morgan fingerprint density at radius 2 is 1.52 bits per heavy atom. The molecule has 0 spiro atoms. The molecule has 1 aliphatic carbocycles. The smallest absolute Gasteiger partial charge is 0.244 e. The van der Waals surface area contributed by atoms with Gasteiger partial charge in [0, 0.05) is 12.6 Å². The predicted octanol–water partition coefficient (Wildman–Crippen LogP) is 5.03. The molecule has 1 atom stereocenters. The SMILES string of the molecule is Cc1ccccc1CN(C(=O)CN(c1ccc(Oc2ccccc2)cc1)S(C)(=O)=O)[C@@H](C)C(=O)NC1CCCC1. The van der Waals surface area contributed by atoms with Gasteiger partial charge >= 0.3 is 0 Å². The van der Waals surface area contributed by atoms with E-state index in [-0.39, 0.29) is 18.5 Å². The van der Waals surface area contributed by atoms with E-state index in [2.05, 4.69) is 5.32 Å². The quantitative estimate of drug-likeness (QED) is 0.353. The monoisotopic (exact) mass is 563 g/mol. The lowest BCUT2D eigenvalue weighted by Gasteiger charge is -2.32. The molecular weight excluding hydrogens is 526 g/mol. The van der Waals surface area contributed by atoms with E-state index in [1.165, 1.54) is 4.90 Å². The summed E-state index contributed by atoms with van der Waals surface area (Å²) in [7, 11) is -3.82. The summed E-state index contributed by atoms with van der Waals surface area (Å²) in [4.78, 5) is 28.5. The molecule has 0 aromatic heterocycles. The zero-order chi connectivity index (χ0) is 28.7. The van der Waals surface area contributed by atoms with Crippen molar-refractivity contribution in [3.63, 3.8) is 0 Å². The van der Waals surface area contributed by atoms with Crippen molar-refractivity contribution in [2.75, 3.05) is 17.1 Å². The van der Waals surface area contributed by atoms with E-state index >= 15 is 0 Å². The lowest BCUT2D eigenvalue weighted by atomic mass is 10.1. The number of anilines is 1. The molecule has 0 aliphatic heterocycles. The third-order valence-corrected chi connectivity index (χ3v) is 8.39. The third-order valence-electron chi connectivity index (χ3n) is 7.25. The Labute approximate surface area is 237 Å². The number of nitrogens with zero attached hydrogens (tertiary/aromatic N) is 2. The molecule has 1 fully saturated rings. The molecular formula is C31H37N3O5S. The molecule has 212 valence electrons. The van der Waals surface area contributed by atoms with Gasteiger partial charge in [0.2, 0.25) is 21.8 Å². The van der Waals surface area contributed by atoms with Gasteiger partial charge in [-0.1, -0.05) is 55.3 Å². The zero-order valence-electron chi connectivity index (χ0n) is 23.2. The molecule has 1 saturated carbocycles. The van der Waals surface area contributed by atoms with E-state index in [4.69, 9.17) is 4.74 Å². The molecule has 0 heterocycles. The molecule has 9 heteroatoms. The second-order valence-electron chi connectivity index (χ2n) is 10.3. The van der Waals surface area contributed by atoms with Gasteiger partial charge in [-0.25, -0.2) is 8.42 Å². The lowest BCUT2D eigenvalue weighted by molar-refractivity contribution is -0.139. The second kappa shape index (κ2) is 13.0. The highest BCUT2D eigenvalue weighted by Crippen LogP contribution is 2.26. The Morgan fingerprint density at radius 3 is 2.15 bits per heavy atom. The molecule has 0 bridgehead atoms. The van der Waals surface area contributed by atoms with Crippen LogP contribution in [0.3, 0.4) is 0 Å². The van der Waals surface area contributed by atoms with Crippen LogP contribution in [0, 0.1) is 6.92 Å². The van der Waals surface area contributed by atoms with Crippen molar-refractivity contribution < 1.29 is 22.7 Å². The molecule has 8 nitrogen and oxygen atoms in total. The molecule has 4 rings (SSSR count). The fourth-order valence-corrected chi connectivity index (χ4v) is 5.71. The summed E-state index contributed by atoms with van der Waals surface area (Å²) >= 11 is 0. The maximum atomic E-state index is 13.8. The number of para-hydroxylation sites is 1. The first kappa shape index (κ1) is 29.1. The molecule has 2 amide bonds. The van der Waals surface area contributed by atoms with Crippen LogP contribution in [0.15, 0.2) is 78.9 Å². The van der Waals surface area contributed by atoms with Crippen LogP contribution in [0.25, 0.3) is 0 Å². The number of hydrogen-bond acceptors (Lipinski definition) is 5. The molecule has 1 aliphatic rings. The Morgan fingerprint density at radius 1 is 0.925 bits per heavy atom. The van der Waals surface area contributed by atoms with Crippen molar-refractivity contribution >= 4 is 27.5 Å². The fraction of sp³-hybridized carbons (Fsp3) is 0.355. The Hall–Kier alpha value is -3.85. The first-order chi connectivity index (χ1) is 19.1. The molecule has 3 aromatic rings. The fourth-order valence-electron chi connectivity index (χ4n) is 4.86. The number of rotatable bonds is 11. The first-order valence-electron chi connectivity index (χ1n) is 13.6. The van der Waals surface area contributed by atoms with Crippen LogP contribution in [-0.2, 0) is 26.2 Å². The predicted molar refractivity (Wildman–Crippen MR) is 157 cm³/mol. The number of benzene rings is 3. The average molecular weight is 564 g/mol. The van der Waals surface area contributed by atoms with Gasteiger partial charge in [0.05, 0.1) is 11.9 Å². The Balaban J connectivity index is 1.56. The summed E-state index contributed by atoms with van der Waals surface area (Å²) in [6, 6.07) is 22.8. The van der Waals surface area contributed by atoms with Crippen LogP contribution in [0.1, 0.15) is 43.7 Å². The minimum Gasteiger partial charge on any atom is -0.457 e. The van der Waals surface area contributed by atoms with Gasteiger partial charge in [-0.05, 0) is 74.2 Å². The summed E-state index contributed by atoms with van der Waals surface area (Å²) in [6.45, 7) is 3.39. The van der Waals surface area contributed by atoms with E-state index in [0.29, 0.717) is 17.2 Å². The molecule has 1 N–H and O–H groups in total. The van der Waals surface area contributed by atoms with Gasteiger partial charge in [-0.3, -0.25) is 13.9 Å². The summed E-state index contributed by atoms with van der Waals surface area (Å²) in [5.41, 5.74) is 2.21. The largest absolute Gasteiger partial charge is 0.457 e. The Bertz CT molecular complexity index is 1400. The third kappa shape index (κ3) is 7.63. The molecule has 0 saturated heterocycles. The number of hydrogen-bond donors (Lipinski definition) is 1. The lowest BCUT2D eigenvalue weighted by Crippen LogP contribution is -2.52. The number of carbonyl (C=O) groups is 2. The van der Waals surface area contributed by atoms with E-state index in [0.717, 1.165) is 47.4 Å². The van der Waals surface area contributed by atoms with Gasteiger partial charge in [0.25, 0.3) is 0 Å². The van der Waals surface area contributed by atoms with Crippen LogP contribution >= 0.6 is 0 Å². The van der Waals surface area contributed by atoms with Gasteiger partial charge in [0.15, 0.2) is 0 Å². The first-order valence-corrected chi connectivity index (χ1v) is 15.4. The molecule has 0 unspecified atom stereocenters. The minimum atomic E-state index is -3.82. The van der Waals surface area contributed by atoms with Crippen molar-refractivity contribution in [3.8, 4) is 11.5 Å². The summed E-state index contributed by atoms with van der Waals surface area (Å²) < 4.78 is 32.6. The molecule has 0 radical (unpaired) electrons. The zero-order valence-corrected chi connectivity index (χ0v) is 24.1. The van der Waals surface area contributed by atoms with Crippen LogP contribution in [0.5, 0.6) is 11.5 Å². The number of nitrogens with one attached hydrogen (secondary N) is 1. The van der Waals surface area contributed by atoms with Gasteiger partial charge in [-0.2, -0.15) is 0 Å². The highest BCUT2D eigenvalue weighted by molar-refractivity contribution is 7.92. The van der Waals surface area contributed by atoms with E-state index < -0.39 is 28.5 Å². The molecule has 40 heavy (non-hydrogen) atoms. The van der Waals surface area contributed by atoms with Crippen LogP contribution in [0.4, 0.5) is 5.69 Å². The number of ether oxygens (including phenoxy) is 1. The average Bonchev–Trinajstić information content (AvgIpc) is 3.44. The van der Waals surface area contributed by atoms with E-state index in [1.54, 1.807) is 31.2 Å². The Kier molecular flexibility index (Phi) is 9.47. The maximum absolute atomic E-state index is 13.8. The van der Waals surface area contributed by atoms with Gasteiger partial charge in [-0.15, -0.1) is 0 Å². The van der Waals surface area contributed by atoms with Gasteiger partial charge in [0.1, 0.15) is 24.1 Å². The highest BCUT2D eigenvalue weighted by atomic mass is 32.2. The summed E-state index contributed by atoms with van der Waals surface area (Å²) in [5, 5.41) is 3.08. The topological polar surface area (TPSA) is 96.0 Å². The number of aryl methyl sites for hydroxylation is 1. The van der Waals surface area contributed by atoms with Crippen molar-refractivity contribution in [1.29, 1.82) is 0 Å². The number of sulfonamides is 1. The highest BCUT2D eigenvalue weighted by Gasteiger charge is 2.31. The summed E-state index contributed by atoms with van der Waals surface area (Å²) in [5.74, 6) is 0.491. The number of amides is 2. The van der Waals surface area contributed by atoms with Crippen molar-refractivity contribution in [2.45, 2.75) is 58.2 Å². The van der Waals surface area contributed by atoms with Crippen molar-refractivity contribution in [3.05, 3.63) is 90.0 Å². The van der Waals surface area contributed by atoms with E-state index in [1.807, 2.05) is 61.5 Å². The normalized spacial score (nSPS) is 14.4. The number of carbonyl (C=O) groups excluding carboxylic acids is 2. The van der Waals surface area contributed by atoms with Gasteiger partial charge < -0.3 is 15.0 Å². The molecule has 3 aromatic carbocycles. The van der Waals surface area contributed by atoms with Crippen LogP contribution < -0.4 is 14.4 Å². The van der Waals surface area contributed by atoms with Crippen molar-refractivity contribution in [2.24, 2.45) is 0 Å². The van der Waals surface area contributed by atoms with Crippen LogP contribution in [0.2, 0.25) is 0 Å².